The molecule has 14 aromatic rings. The summed E-state index contributed by atoms with van der Waals surface area (Å²) >= 11 is 0. The molecule has 0 bridgehead atoms. The Hall–Kier alpha value is -9.76. The van der Waals surface area contributed by atoms with Crippen LogP contribution in [0.3, 0.4) is 0 Å². The summed E-state index contributed by atoms with van der Waals surface area (Å²) in [7, 11) is 0. The number of benzene rings is 14. The molecule has 0 aromatic heterocycles. The van der Waals surface area contributed by atoms with Gasteiger partial charge < -0.3 is 9.80 Å². The van der Waals surface area contributed by atoms with E-state index in [9.17, 15) is 0 Å². The summed E-state index contributed by atoms with van der Waals surface area (Å²) in [6.45, 7) is 0. The van der Waals surface area contributed by atoms with Gasteiger partial charge in [0.15, 0.2) is 0 Å². The maximum atomic E-state index is 2.42. The molecule has 0 aliphatic rings. The molecule has 0 radical (unpaired) electrons. The van der Waals surface area contributed by atoms with Gasteiger partial charge in [0.1, 0.15) is 0 Å². The van der Waals surface area contributed by atoms with E-state index in [1.807, 2.05) is 0 Å². The van der Waals surface area contributed by atoms with E-state index in [-0.39, 0.29) is 0 Å². The maximum Gasteiger partial charge on any atom is 0.0540 e. The molecule has 0 aliphatic carbocycles. The fourth-order valence-electron chi connectivity index (χ4n) is 11.8. The zero-order valence-electron chi connectivity index (χ0n) is 40.6. The van der Waals surface area contributed by atoms with Gasteiger partial charge in [-0.15, -0.1) is 0 Å². The minimum atomic E-state index is 1.12. The number of fused-ring (bicyclic) bond motifs is 6. The van der Waals surface area contributed by atoms with Crippen LogP contribution < -0.4 is 9.80 Å². The van der Waals surface area contributed by atoms with Gasteiger partial charge in [-0.25, -0.2) is 0 Å². The minimum absolute atomic E-state index is 1.12. The average molecular weight is 941 g/mol. The monoisotopic (exact) mass is 940 g/mol. The Morgan fingerprint density at radius 1 is 0.176 bits per heavy atom. The standard InChI is InChI=1S/C72H48N2/c1-5-25-51(26-6-1)73(52-27-7-2-8-28-52)69-45-21-39-59-57(35-17-41-63(59)69)61-37-19-43-65-67(61)47-49-23-13-15-33-55(49)71(65)72-56-34-16-14-24-50(56)48-68-62(38-20-44-66(68)72)58-36-18-42-64-60(58)40-22-46-70(64)74(53-29-9-3-10-30-53)54-31-11-4-12-32-54/h1-48H. The van der Waals surface area contributed by atoms with E-state index in [0.717, 1.165) is 34.1 Å². The van der Waals surface area contributed by atoms with Gasteiger partial charge in [0.05, 0.1) is 11.4 Å². The van der Waals surface area contributed by atoms with E-state index < -0.39 is 0 Å². The van der Waals surface area contributed by atoms with Crippen molar-refractivity contribution in [3.8, 4) is 33.4 Å². The molecule has 0 amide bonds. The first-order valence-corrected chi connectivity index (χ1v) is 25.5. The smallest absolute Gasteiger partial charge is 0.0540 e. The molecule has 0 N–H and O–H groups in total. The van der Waals surface area contributed by atoms with Crippen LogP contribution in [0, 0.1) is 0 Å². The second-order valence-corrected chi connectivity index (χ2v) is 19.1. The lowest BCUT2D eigenvalue weighted by atomic mass is 9.83. The first kappa shape index (κ1) is 43.1. The summed E-state index contributed by atoms with van der Waals surface area (Å²) in [6, 6.07) is 107. The van der Waals surface area contributed by atoms with Crippen LogP contribution in [0.1, 0.15) is 0 Å². The molecular formula is C72H48N2. The van der Waals surface area contributed by atoms with Gasteiger partial charge in [-0.3, -0.25) is 0 Å². The fourth-order valence-corrected chi connectivity index (χ4v) is 11.8. The van der Waals surface area contributed by atoms with Gasteiger partial charge in [-0.1, -0.05) is 218 Å². The SMILES string of the molecule is c1ccc(N(c2ccccc2)c2cccc3c(-c4cccc5c(-c6c7ccccc7cc7c(-c8cccc9c(N(c%10ccccc%10)c%10ccccc%10)cccc89)cccc67)c6ccccc6cc45)cccc23)cc1. The fraction of sp³-hybridized carbons (Fsp3) is 0. The Kier molecular flexibility index (Phi) is 10.6. The van der Waals surface area contributed by atoms with Gasteiger partial charge in [-0.2, -0.15) is 0 Å². The normalized spacial score (nSPS) is 11.5. The van der Waals surface area contributed by atoms with E-state index in [0.29, 0.717) is 0 Å². The highest BCUT2D eigenvalue weighted by Gasteiger charge is 2.23. The van der Waals surface area contributed by atoms with Gasteiger partial charge in [0.25, 0.3) is 0 Å². The molecule has 0 heterocycles. The molecule has 0 unspecified atom stereocenters. The highest BCUT2D eigenvalue weighted by Crippen LogP contribution is 2.50. The van der Waals surface area contributed by atoms with Crippen molar-refractivity contribution in [2.24, 2.45) is 0 Å². The Morgan fingerprint density at radius 2 is 0.446 bits per heavy atom. The summed E-state index contributed by atoms with van der Waals surface area (Å²) in [5, 5.41) is 14.6. The van der Waals surface area contributed by atoms with Crippen molar-refractivity contribution < 1.29 is 0 Å². The van der Waals surface area contributed by atoms with Crippen molar-refractivity contribution in [1.29, 1.82) is 0 Å². The van der Waals surface area contributed by atoms with Gasteiger partial charge in [0.2, 0.25) is 0 Å². The number of para-hydroxylation sites is 4. The first-order valence-electron chi connectivity index (χ1n) is 25.5. The lowest BCUT2D eigenvalue weighted by molar-refractivity contribution is 1.30. The van der Waals surface area contributed by atoms with E-state index in [4.69, 9.17) is 0 Å². The summed E-state index contributed by atoms with van der Waals surface area (Å²) in [4.78, 5) is 4.75. The molecule has 0 saturated carbocycles. The van der Waals surface area contributed by atoms with Crippen molar-refractivity contribution in [3.63, 3.8) is 0 Å². The van der Waals surface area contributed by atoms with Gasteiger partial charge in [-0.05, 0) is 160 Å². The van der Waals surface area contributed by atoms with Gasteiger partial charge >= 0.3 is 0 Å². The highest BCUT2D eigenvalue weighted by atomic mass is 15.1. The largest absolute Gasteiger partial charge is 0.310 e. The minimum Gasteiger partial charge on any atom is -0.310 e. The summed E-state index contributed by atoms with van der Waals surface area (Å²) in [5.74, 6) is 0. The Balaban J connectivity index is 1.000. The second kappa shape index (κ2) is 18.1. The predicted molar refractivity (Wildman–Crippen MR) is 317 cm³/mol. The molecular weight excluding hydrogens is 893 g/mol. The van der Waals surface area contributed by atoms with Crippen molar-refractivity contribution >= 4 is 98.8 Å². The Bertz CT molecular complexity index is 4050. The van der Waals surface area contributed by atoms with Crippen molar-refractivity contribution in [2.45, 2.75) is 0 Å². The molecule has 0 fully saturated rings. The number of nitrogens with zero attached hydrogens (tertiary/aromatic N) is 2. The van der Waals surface area contributed by atoms with Crippen molar-refractivity contribution in [3.05, 3.63) is 291 Å². The quantitative estimate of drug-likeness (QED) is 0.133. The van der Waals surface area contributed by atoms with E-state index in [1.165, 1.54) is 98.0 Å². The lowest BCUT2D eigenvalue weighted by Crippen LogP contribution is -2.10. The van der Waals surface area contributed by atoms with Crippen LogP contribution in [0.4, 0.5) is 34.1 Å². The van der Waals surface area contributed by atoms with Crippen LogP contribution in [-0.4, -0.2) is 0 Å². The van der Waals surface area contributed by atoms with Gasteiger partial charge in [0, 0.05) is 33.5 Å². The summed E-state index contributed by atoms with van der Waals surface area (Å²) in [5.41, 5.74) is 14.1. The third kappa shape index (κ3) is 7.19. The molecule has 2 nitrogen and oxygen atoms in total. The number of rotatable bonds is 9. The zero-order chi connectivity index (χ0) is 49.0. The Morgan fingerprint density at radius 3 is 0.811 bits per heavy atom. The van der Waals surface area contributed by atoms with E-state index >= 15 is 0 Å². The van der Waals surface area contributed by atoms with Crippen LogP contribution in [0.15, 0.2) is 291 Å². The zero-order valence-corrected chi connectivity index (χ0v) is 40.6. The third-order valence-corrected chi connectivity index (χ3v) is 15.0. The molecule has 0 aliphatic heterocycles. The molecule has 0 atom stereocenters. The molecule has 0 saturated heterocycles. The molecule has 346 valence electrons. The Labute approximate surface area is 430 Å². The highest BCUT2D eigenvalue weighted by molar-refractivity contribution is 6.27. The molecule has 0 spiro atoms. The van der Waals surface area contributed by atoms with Crippen LogP contribution in [0.5, 0.6) is 0 Å². The topological polar surface area (TPSA) is 6.48 Å². The van der Waals surface area contributed by atoms with Crippen molar-refractivity contribution in [2.75, 3.05) is 9.80 Å². The predicted octanol–water partition coefficient (Wildman–Crippen LogP) is 20.5. The maximum absolute atomic E-state index is 2.42. The van der Waals surface area contributed by atoms with Crippen molar-refractivity contribution in [1.82, 2.24) is 0 Å². The lowest BCUT2D eigenvalue weighted by Gasteiger charge is -2.27. The number of hydrogen-bond acceptors (Lipinski definition) is 2. The van der Waals surface area contributed by atoms with E-state index in [2.05, 4.69) is 301 Å². The molecule has 74 heavy (non-hydrogen) atoms. The number of hydrogen-bond donors (Lipinski definition) is 0. The summed E-state index contributed by atoms with van der Waals surface area (Å²) in [6.07, 6.45) is 0. The molecule has 14 rings (SSSR count). The third-order valence-electron chi connectivity index (χ3n) is 15.0. The van der Waals surface area contributed by atoms with Crippen LogP contribution in [0.2, 0.25) is 0 Å². The first-order chi connectivity index (χ1) is 36.8. The van der Waals surface area contributed by atoms with E-state index in [1.54, 1.807) is 0 Å². The van der Waals surface area contributed by atoms with Crippen LogP contribution in [-0.2, 0) is 0 Å². The molecule has 14 aromatic carbocycles. The second-order valence-electron chi connectivity index (χ2n) is 19.1. The van der Waals surface area contributed by atoms with Crippen LogP contribution in [0.25, 0.3) is 98.0 Å². The average Bonchev–Trinajstić information content (AvgIpc) is 3.49. The van der Waals surface area contributed by atoms with Crippen LogP contribution >= 0.6 is 0 Å². The summed E-state index contributed by atoms with van der Waals surface area (Å²) < 4.78 is 0. The molecule has 2 heteroatoms. The number of anilines is 6.